The smallest absolute Gasteiger partial charge is 0.322 e. The minimum Gasteiger partial charge on any atom is -0.341 e. The molecule has 2 aliphatic heterocycles. The second-order valence-corrected chi connectivity index (χ2v) is 7.78. The molecule has 6 nitrogen and oxygen atoms in total. The Bertz CT molecular complexity index is 746. The van der Waals surface area contributed by atoms with Gasteiger partial charge < -0.3 is 15.1 Å². The number of hydrogen-bond donors (Lipinski definition) is 1. The molecule has 2 fully saturated rings. The Labute approximate surface area is 167 Å². The number of anilines is 2. The number of hydrogen-bond acceptors (Lipinski definition) is 4. The lowest BCUT2D eigenvalue weighted by Crippen LogP contribution is -2.49. The number of nitrogens with one attached hydrogen (secondary N) is 1. The van der Waals surface area contributed by atoms with Crippen LogP contribution in [0.3, 0.4) is 0 Å². The summed E-state index contributed by atoms with van der Waals surface area (Å²) in [4.78, 5) is 26.2. The summed E-state index contributed by atoms with van der Waals surface area (Å²) in [5.41, 5.74) is 0.867. The van der Waals surface area contributed by atoms with Gasteiger partial charge in [-0.25, -0.2) is 14.8 Å². The Balaban J connectivity index is 1.41. The number of amides is 2. The normalized spacial score (nSPS) is 21.2. The van der Waals surface area contributed by atoms with Crippen molar-refractivity contribution in [2.45, 2.75) is 44.6 Å². The van der Waals surface area contributed by atoms with Crippen LogP contribution in [0.2, 0.25) is 0 Å². The van der Waals surface area contributed by atoms with Gasteiger partial charge in [0.15, 0.2) is 0 Å². The third-order valence-corrected chi connectivity index (χ3v) is 6.00. The molecule has 0 bridgehead atoms. The summed E-state index contributed by atoms with van der Waals surface area (Å²) in [7, 11) is 0. The maximum Gasteiger partial charge on any atom is 0.322 e. The van der Waals surface area contributed by atoms with E-state index in [1.807, 2.05) is 36.4 Å². The first-order valence-corrected chi connectivity index (χ1v) is 10.5. The molecule has 28 heavy (non-hydrogen) atoms. The van der Waals surface area contributed by atoms with E-state index in [9.17, 15) is 4.79 Å². The molecule has 6 heteroatoms. The fraction of sp³-hybridized carbons (Fsp3) is 0.500. The van der Waals surface area contributed by atoms with E-state index in [-0.39, 0.29) is 6.03 Å². The Morgan fingerprint density at radius 3 is 2.39 bits per heavy atom. The molecule has 148 valence electrons. The first-order valence-electron chi connectivity index (χ1n) is 10.5. The van der Waals surface area contributed by atoms with E-state index in [2.05, 4.69) is 25.1 Å². The minimum absolute atomic E-state index is 0.0481. The van der Waals surface area contributed by atoms with Crippen molar-refractivity contribution in [1.29, 1.82) is 0 Å². The average molecular weight is 380 g/mol. The molecule has 4 rings (SSSR count). The summed E-state index contributed by atoms with van der Waals surface area (Å²) in [6.45, 7) is 2.77. The molecule has 0 unspecified atom stereocenters. The van der Waals surface area contributed by atoms with Crippen LogP contribution in [0.1, 0.15) is 38.5 Å². The van der Waals surface area contributed by atoms with Crippen molar-refractivity contribution >= 4 is 17.7 Å². The summed E-state index contributed by atoms with van der Waals surface area (Å²) < 4.78 is 0. The number of piperidine rings is 1. The van der Waals surface area contributed by atoms with Crippen molar-refractivity contribution in [2.75, 3.05) is 29.9 Å². The molecule has 0 radical (unpaired) electrons. The van der Waals surface area contributed by atoms with E-state index in [1.165, 1.54) is 12.8 Å². The lowest BCUT2D eigenvalue weighted by atomic mass is 9.86. The molecule has 1 aromatic heterocycles. The zero-order valence-electron chi connectivity index (χ0n) is 16.3. The van der Waals surface area contributed by atoms with Crippen LogP contribution in [0.4, 0.5) is 16.4 Å². The zero-order chi connectivity index (χ0) is 19.2. The van der Waals surface area contributed by atoms with E-state index in [1.54, 1.807) is 12.4 Å². The first kappa shape index (κ1) is 18.7. The van der Waals surface area contributed by atoms with E-state index < -0.39 is 0 Å². The van der Waals surface area contributed by atoms with Gasteiger partial charge in [-0.05, 0) is 49.8 Å². The number of benzene rings is 1. The van der Waals surface area contributed by atoms with Gasteiger partial charge in [-0.3, -0.25) is 0 Å². The van der Waals surface area contributed by atoms with Gasteiger partial charge in [0.05, 0.1) is 0 Å². The Morgan fingerprint density at radius 1 is 0.893 bits per heavy atom. The highest BCUT2D eigenvalue weighted by molar-refractivity contribution is 5.89. The number of likely N-dealkylation sites (tertiary alicyclic amines) is 1. The number of para-hydroxylation sites is 1. The molecule has 3 heterocycles. The number of aromatic nitrogens is 2. The van der Waals surface area contributed by atoms with E-state index in [0.717, 1.165) is 57.0 Å². The van der Waals surface area contributed by atoms with Gasteiger partial charge in [-0.15, -0.1) is 0 Å². The summed E-state index contributed by atoms with van der Waals surface area (Å²) in [5, 5.41) is 3.10. The topological polar surface area (TPSA) is 61.4 Å². The van der Waals surface area contributed by atoms with Crippen LogP contribution < -0.4 is 10.2 Å². The molecule has 0 spiro atoms. The predicted molar refractivity (Wildman–Crippen MR) is 111 cm³/mol. The van der Waals surface area contributed by atoms with Crippen LogP contribution in [-0.2, 0) is 0 Å². The highest BCUT2D eigenvalue weighted by atomic mass is 16.2. The van der Waals surface area contributed by atoms with Crippen LogP contribution >= 0.6 is 0 Å². The van der Waals surface area contributed by atoms with Gasteiger partial charge in [0.1, 0.15) is 0 Å². The predicted octanol–water partition coefficient (Wildman–Crippen LogP) is 4.17. The van der Waals surface area contributed by atoms with Gasteiger partial charge >= 0.3 is 6.03 Å². The SMILES string of the molecule is O=C(Nc1ccccc1)N1CCCCC[C@@H]1C1CCN(c2ncccn2)CC1. The lowest BCUT2D eigenvalue weighted by Gasteiger charge is -2.40. The van der Waals surface area contributed by atoms with Crippen molar-refractivity contribution in [2.24, 2.45) is 5.92 Å². The Kier molecular flexibility index (Phi) is 6.04. The lowest BCUT2D eigenvalue weighted by molar-refractivity contribution is 0.146. The molecule has 0 saturated carbocycles. The number of rotatable bonds is 3. The van der Waals surface area contributed by atoms with E-state index >= 15 is 0 Å². The molecule has 1 aromatic carbocycles. The molecule has 2 saturated heterocycles. The second kappa shape index (κ2) is 9.04. The molecule has 2 aliphatic rings. The minimum atomic E-state index is 0.0481. The van der Waals surface area contributed by atoms with Gasteiger partial charge in [0, 0.05) is 43.8 Å². The third-order valence-electron chi connectivity index (χ3n) is 6.00. The number of carbonyl (C=O) groups is 1. The third kappa shape index (κ3) is 4.43. The number of urea groups is 1. The quantitative estimate of drug-likeness (QED) is 0.869. The van der Waals surface area contributed by atoms with Crippen molar-refractivity contribution < 1.29 is 4.79 Å². The molecule has 1 N–H and O–H groups in total. The molecule has 1 atom stereocenters. The average Bonchev–Trinajstić information content (AvgIpc) is 3.01. The summed E-state index contributed by atoms with van der Waals surface area (Å²) in [6.07, 6.45) is 10.4. The molecular formula is C22H29N5O. The van der Waals surface area contributed by atoms with Gasteiger partial charge in [0.25, 0.3) is 0 Å². The number of carbonyl (C=O) groups excluding carboxylic acids is 1. The van der Waals surface area contributed by atoms with Gasteiger partial charge in [-0.2, -0.15) is 0 Å². The fourth-order valence-corrected chi connectivity index (χ4v) is 4.53. The Morgan fingerprint density at radius 2 is 1.64 bits per heavy atom. The first-order chi connectivity index (χ1) is 13.8. The summed E-state index contributed by atoms with van der Waals surface area (Å²) in [6, 6.07) is 12.0. The van der Waals surface area contributed by atoms with Crippen molar-refractivity contribution in [3.8, 4) is 0 Å². The van der Waals surface area contributed by atoms with Crippen LogP contribution in [-0.4, -0.2) is 46.6 Å². The van der Waals surface area contributed by atoms with Crippen molar-refractivity contribution in [3.05, 3.63) is 48.8 Å². The molecule has 2 amide bonds. The number of nitrogens with zero attached hydrogens (tertiary/aromatic N) is 4. The largest absolute Gasteiger partial charge is 0.341 e. The maximum absolute atomic E-state index is 13.0. The van der Waals surface area contributed by atoms with Gasteiger partial charge in [-0.1, -0.05) is 31.0 Å². The van der Waals surface area contributed by atoms with Gasteiger partial charge in [0.2, 0.25) is 5.95 Å². The Hall–Kier alpha value is -2.63. The molecular weight excluding hydrogens is 350 g/mol. The highest BCUT2D eigenvalue weighted by Gasteiger charge is 2.34. The summed E-state index contributed by atoms with van der Waals surface area (Å²) in [5.74, 6) is 1.36. The second-order valence-electron chi connectivity index (χ2n) is 7.78. The highest BCUT2D eigenvalue weighted by Crippen LogP contribution is 2.31. The van der Waals surface area contributed by atoms with E-state index in [0.29, 0.717) is 12.0 Å². The van der Waals surface area contributed by atoms with E-state index in [4.69, 9.17) is 0 Å². The van der Waals surface area contributed by atoms with Crippen LogP contribution in [0.25, 0.3) is 0 Å². The van der Waals surface area contributed by atoms with Crippen molar-refractivity contribution in [1.82, 2.24) is 14.9 Å². The standard InChI is InChI=1S/C22H29N5O/c28-22(25-19-8-3-1-4-9-19)27-15-6-2-5-10-20(27)18-11-16-26(17-12-18)21-23-13-7-14-24-21/h1,3-4,7-9,13-14,18,20H,2,5-6,10-12,15-17H2,(H,25,28)/t20-/m1/s1. The summed E-state index contributed by atoms with van der Waals surface area (Å²) >= 11 is 0. The van der Waals surface area contributed by atoms with Crippen LogP contribution in [0.5, 0.6) is 0 Å². The zero-order valence-corrected chi connectivity index (χ0v) is 16.3. The molecule has 2 aromatic rings. The monoisotopic (exact) mass is 379 g/mol. The van der Waals surface area contributed by atoms with Crippen LogP contribution in [0, 0.1) is 5.92 Å². The fourth-order valence-electron chi connectivity index (χ4n) is 4.53. The molecule has 0 aliphatic carbocycles. The van der Waals surface area contributed by atoms with Crippen LogP contribution in [0.15, 0.2) is 48.8 Å². The maximum atomic E-state index is 13.0. The van der Waals surface area contributed by atoms with Crippen molar-refractivity contribution in [3.63, 3.8) is 0 Å².